The van der Waals surface area contributed by atoms with Gasteiger partial charge in [0.25, 0.3) is 0 Å². The van der Waals surface area contributed by atoms with Crippen LogP contribution >= 0.6 is 23.2 Å². The number of hydrogen-bond donors (Lipinski definition) is 1. The van der Waals surface area contributed by atoms with Gasteiger partial charge in [0, 0.05) is 22.1 Å². The van der Waals surface area contributed by atoms with Crippen molar-refractivity contribution in [2.45, 2.75) is 23.3 Å². The molecule has 1 N–H and O–H groups in total. The minimum atomic E-state index is -3.76. The van der Waals surface area contributed by atoms with Gasteiger partial charge in [0.05, 0.1) is 20.5 Å². The van der Waals surface area contributed by atoms with Crippen molar-refractivity contribution in [3.63, 3.8) is 0 Å². The first-order chi connectivity index (χ1) is 14.8. The Kier molecular flexibility index (Phi) is 5.79. The molecule has 1 aromatic heterocycles. The molecule has 0 aliphatic carbocycles. The van der Waals surface area contributed by atoms with Gasteiger partial charge in [-0.2, -0.15) is 0 Å². The number of amides is 1. The van der Waals surface area contributed by atoms with Crippen LogP contribution in [0.15, 0.2) is 82.7 Å². The van der Waals surface area contributed by atoms with Gasteiger partial charge in [0.2, 0.25) is 15.7 Å². The van der Waals surface area contributed by atoms with Crippen LogP contribution in [-0.4, -0.2) is 18.9 Å². The number of anilines is 1. The van der Waals surface area contributed by atoms with E-state index in [1.54, 1.807) is 65.2 Å². The molecular formula is C23H18Cl2N2O3S. The lowest BCUT2D eigenvalue weighted by Crippen LogP contribution is -2.18. The Bertz CT molecular complexity index is 1390. The number of halogens is 2. The normalized spacial score (nSPS) is 11.6. The number of carbonyl (C=O) groups excluding carboxylic acids is 1. The van der Waals surface area contributed by atoms with E-state index in [0.717, 1.165) is 5.56 Å². The molecule has 0 aliphatic rings. The third kappa shape index (κ3) is 4.32. The minimum absolute atomic E-state index is 0.0805. The second-order valence-corrected chi connectivity index (χ2v) is 9.89. The molecule has 1 heterocycles. The van der Waals surface area contributed by atoms with E-state index >= 15 is 0 Å². The van der Waals surface area contributed by atoms with E-state index in [-0.39, 0.29) is 22.2 Å². The number of nitrogens with zero attached hydrogens (tertiary/aromatic N) is 1. The lowest BCUT2D eigenvalue weighted by Gasteiger charge is -2.09. The van der Waals surface area contributed by atoms with E-state index in [0.29, 0.717) is 26.6 Å². The van der Waals surface area contributed by atoms with E-state index < -0.39 is 9.84 Å². The minimum Gasteiger partial charge on any atom is -0.337 e. The zero-order valence-electron chi connectivity index (χ0n) is 16.5. The Morgan fingerprint density at radius 3 is 2.42 bits per heavy atom. The molecule has 0 atom stereocenters. The maximum atomic E-state index is 13.3. The molecule has 0 saturated carbocycles. The highest BCUT2D eigenvalue weighted by Gasteiger charge is 2.24. The summed E-state index contributed by atoms with van der Waals surface area (Å²) in [6.45, 7) is 1.82. The summed E-state index contributed by atoms with van der Waals surface area (Å²) in [7, 11) is -3.76. The van der Waals surface area contributed by atoms with Crippen LogP contribution in [0, 0.1) is 6.92 Å². The number of carbonyl (C=O) groups is 1. The molecule has 0 saturated heterocycles. The molecule has 3 aromatic carbocycles. The van der Waals surface area contributed by atoms with Gasteiger partial charge in [0.15, 0.2) is 0 Å². The summed E-state index contributed by atoms with van der Waals surface area (Å²) in [5.41, 5.74) is 2.05. The number of aromatic nitrogens is 1. The first kappa shape index (κ1) is 21.4. The van der Waals surface area contributed by atoms with Crippen molar-refractivity contribution in [3.05, 3.63) is 88.5 Å². The molecule has 0 fully saturated rings. The van der Waals surface area contributed by atoms with Crippen molar-refractivity contribution in [1.29, 1.82) is 0 Å². The molecule has 4 rings (SSSR count). The number of fused-ring (bicyclic) bond motifs is 1. The summed E-state index contributed by atoms with van der Waals surface area (Å²) in [6.07, 6.45) is 1.50. The Morgan fingerprint density at radius 1 is 1.00 bits per heavy atom. The number of rotatable bonds is 5. The number of benzene rings is 3. The maximum absolute atomic E-state index is 13.3. The third-order valence-corrected chi connectivity index (χ3v) is 7.24. The van der Waals surface area contributed by atoms with Gasteiger partial charge in [-0.3, -0.25) is 4.79 Å². The molecule has 158 valence electrons. The molecule has 0 spiro atoms. The first-order valence-corrected chi connectivity index (χ1v) is 11.6. The number of hydrogen-bond acceptors (Lipinski definition) is 3. The van der Waals surface area contributed by atoms with Crippen LogP contribution in [0.2, 0.25) is 10.0 Å². The van der Waals surface area contributed by atoms with E-state index in [9.17, 15) is 13.2 Å². The molecule has 4 aromatic rings. The fraction of sp³-hybridized carbons (Fsp3) is 0.0870. The quantitative estimate of drug-likeness (QED) is 0.403. The Morgan fingerprint density at radius 2 is 1.71 bits per heavy atom. The van der Waals surface area contributed by atoms with Crippen molar-refractivity contribution < 1.29 is 13.2 Å². The van der Waals surface area contributed by atoms with Gasteiger partial charge in [0.1, 0.15) is 6.54 Å². The molecule has 0 unspecified atom stereocenters. The first-order valence-electron chi connectivity index (χ1n) is 9.40. The van der Waals surface area contributed by atoms with Crippen molar-refractivity contribution in [2.75, 3.05) is 5.32 Å². The number of aryl methyl sites for hydroxylation is 1. The lowest BCUT2D eigenvalue weighted by molar-refractivity contribution is -0.116. The predicted octanol–water partition coefficient (Wildman–Crippen LogP) is 5.73. The highest BCUT2D eigenvalue weighted by Crippen LogP contribution is 2.31. The highest BCUT2D eigenvalue weighted by molar-refractivity contribution is 7.91. The average Bonchev–Trinajstić information content (AvgIpc) is 3.10. The predicted molar refractivity (Wildman–Crippen MR) is 124 cm³/mol. The maximum Gasteiger partial charge on any atom is 0.244 e. The zero-order valence-corrected chi connectivity index (χ0v) is 18.8. The fourth-order valence-electron chi connectivity index (χ4n) is 3.34. The molecule has 1 amide bonds. The fourth-order valence-corrected chi connectivity index (χ4v) is 5.27. The molecule has 8 heteroatoms. The Hall–Kier alpha value is -2.80. The smallest absolute Gasteiger partial charge is 0.244 e. The van der Waals surface area contributed by atoms with Crippen LogP contribution in [0.25, 0.3) is 10.9 Å². The SMILES string of the molecule is Cc1ccc(S(=O)(=O)c2cn(CC(=O)Nc3ccc(Cl)cc3Cl)c3ccccc23)cc1. The van der Waals surface area contributed by atoms with E-state index in [1.807, 2.05) is 6.92 Å². The molecule has 31 heavy (non-hydrogen) atoms. The van der Waals surface area contributed by atoms with E-state index in [1.165, 1.54) is 12.3 Å². The van der Waals surface area contributed by atoms with Crippen molar-refractivity contribution in [2.24, 2.45) is 0 Å². The van der Waals surface area contributed by atoms with Gasteiger partial charge in [-0.1, -0.05) is 59.1 Å². The van der Waals surface area contributed by atoms with Crippen molar-refractivity contribution >= 4 is 55.5 Å². The third-order valence-electron chi connectivity index (χ3n) is 4.89. The summed E-state index contributed by atoms with van der Waals surface area (Å²) in [5.74, 6) is -0.343. The topological polar surface area (TPSA) is 68.2 Å². The van der Waals surface area contributed by atoms with Crippen molar-refractivity contribution in [3.8, 4) is 0 Å². The summed E-state index contributed by atoms with van der Waals surface area (Å²) in [4.78, 5) is 13.0. The molecular weight excluding hydrogens is 455 g/mol. The second kappa shape index (κ2) is 8.38. The highest BCUT2D eigenvalue weighted by atomic mass is 35.5. The Balaban J connectivity index is 1.70. The second-order valence-electron chi connectivity index (χ2n) is 7.13. The zero-order chi connectivity index (χ0) is 22.2. The number of nitrogens with one attached hydrogen (secondary N) is 1. The Labute approximate surface area is 190 Å². The average molecular weight is 473 g/mol. The van der Waals surface area contributed by atoms with Crippen LogP contribution in [0.5, 0.6) is 0 Å². The summed E-state index contributed by atoms with van der Waals surface area (Å²) < 4.78 is 28.2. The van der Waals surface area contributed by atoms with Gasteiger partial charge in [-0.25, -0.2) is 8.42 Å². The van der Waals surface area contributed by atoms with Gasteiger partial charge >= 0.3 is 0 Å². The van der Waals surface area contributed by atoms with Crippen LogP contribution in [0.3, 0.4) is 0 Å². The summed E-state index contributed by atoms with van der Waals surface area (Å²) >= 11 is 12.0. The van der Waals surface area contributed by atoms with Gasteiger partial charge in [-0.05, 0) is 43.3 Å². The largest absolute Gasteiger partial charge is 0.337 e. The molecule has 0 bridgehead atoms. The van der Waals surface area contributed by atoms with Crippen molar-refractivity contribution in [1.82, 2.24) is 4.57 Å². The lowest BCUT2D eigenvalue weighted by atomic mass is 10.2. The monoisotopic (exact) mass is 472 g/mol. The van der Waals surface area contributed by atoms with E-state index in [4.69, 9.17) is 23.2 Å². The summed E-state index contributed by atoms with van der Waals surface area (Å²) in [5, 5.41) is 4.08. The van der Waals surface area contributed by atoms with E-state index in [2.05, 4.69) is 5.32 Å². The van der Waals surface area contributed by atoms with Gasteiger partial charge < -0.3 is 9.88 Å². The summed E-state index contributed by atoms with van der Waals surface area (Å²) in [6, 6.07) is 18.6. The number of para-hydroxylation sites is 1. The standard InChI is InChI=1S/C23H18Cl2N2O3S/c1-15-6-9-17(10-7-15)31(29,30)22-13-27(21-5-3-2-4-18(21)22)14-23(28)26-20-11-8-16(24)12-19(20)25/h2-13H,14H2,1H3,(H,26,28). The van der Waals surface area contributed by atoms with Crippen LogP contribution < -0.4 is 5.32 Å². The number of sulfone groups is 1. The van der Waals surface area contributed by atoms with Crippen LogP contribution in [-0.2, 0) is 21.2 Å². The van der Waals surface area contributed by atoms with Gasteiger partial charge in [-0.15, -0.1) is 0 Å². The molecule has 0 aliphatic heterocycles. The molecule has 5 nitrogen and oxygen atoms in total. The van der Waals surface area contributed by atoms with Crippen LogP contribution in [0.1, 0.15) is 5.56 Å². The molecule has 0 radical (unpaired) electrons. The van der Waals surface area contributed by atoms with Crippen LogP contribution in [0.4, 0.5) is 5.69 Å².